The summed E-state index contributed by atoms with van der Waals surface area (Å²) in [6, 6.07) is 17.0. The van der Waals surface area contributed by atoms with E-state index in [4.69, 9.17) is 0 Å². The number of fused-ring (bicyclic) bond motifs is 1. The molecular weight excluding hydrogens is 427 g/mol. The minimum Gasteiger partial charge on any atom is -0.322 e. The van der Waals surface area contributed by atoms with Crippen molar-refractivity contribution in [3.05, 3.63) is 82.3 Å². The largest absolute Gasteiger partial charge is 0.322 e. The summed E-state index contributed by atoms with van der Waals surface area (Å²) in [6.45, 7) is 0. The zero-order valence-corrected chi connectivity index (χ0v) is 15.2. The highest BCUT2D eigenvalue weighted by atomic mass is 127. The Labute approximate surface area is 157 Å². The van der Waals surface area contributed by atoms with E-state index >= 15 is 0 Å². The Bertz CT molecular complexity index is 1040. The number of rotatable bonds is 3. The monoisotopic (exact) mass is 440 g/mol. The van der Waals surface area contributed by atoms with Crippen molar-refractivity contribution in [3.63, 3.8) is 0 Å². The first kappa shape index (κ1) is 15.8. The standard InChI is InChI=1S/C19H13IN4O/c20-16-8-2-1-7-15(16)18(25)22-14-6-3-5-13(11-14)17-12-24-10-4-9-21-19(24)23-17/h1-12H,(H,22,25). The maximum atomic E-state index is 12.5. The van der Waals surface area contributed by atoms with Gasteiger partial charge in [0.05, 0.1) is 11.3 Å². The molecule has 4 rings (SSSR count). The molecule has 25 heavy (non-hydrogen) atoms. The molecule has 0 saturated heterocycles. The van der Waals surface area contributed by atoms with E-state index in [0.717, 1.165) is 20.5 Å². The summed E-state index contributed by atoms with van der Waals surface area (Å²) in [5, 5.41) is 2.95. The van der Waals surface area contributed by atoms with Crippen molar-refractivity contribution in [1.29, 1.82) is 0 Å². The van der Waals surface area contributed by atoms with Crippen molar-refractivity contribution in [2.45, 2.75) is 0 Å². The molecule has 0 aliphatic rings. The van der Waals surface area contributed by atoms with Gasteiger partial charge in [0.2, 0.25) is 5.78 Å². The Kier molecular flexibility index (Phi) is 4.19. The quantitative estimate of drug-likeness (QED) is 0.485. The Hall–Kier alpha value is -2.74. The fraction of sp³-hybridized carbons (Fsp3) is 0. The average molecular weight is 440 g/mol. The van der Waals surface area contributed by atoms with Crippen LogP contribution < -0.4 is 5.32 Å². The van der Waals surface area contributed by atoms with Gasteiger partial charge < -0.3 is 5.32 Å². The Morgan fingerprint density at radius 3 is 2.80 bits per heavy atom. The van der Waals surface area contributed by atoms with Crippen LogP contribution in [0, 0.1) is 3.57 Å². The third-order valence-corrected chi connectivity index (χ3v) is 4.71. The second kappa shape index (κ2) is 6.64. The molecule has 0 aliphatic carbocycles. The van der Waals surface area contributed by atoms with Gasteiger partial charge in [-0.1, -0.05) is 24.3 Å². The van der Waals surface area contributed by atoms with Crippen LogP contribution in [-0.4, -0.2) is 20.3 Å². The third kappa shape index (κ3) is 3.25. The van der Waals surface area contributed by atoms with E-state index in [0.29, 0.717) is 11.3 Å². The summed E-state index contributed by atoms with van der Waals surface area (Å²) in [7, 11) is 0. The summed E-state index contributed by atoms with van der Waals surface area (Å²) >= 11 is 2.16. The van der Waals surface area contributed by atoms with Gasteiger partial charge >= 0.3 is 0 Å². The first-order chi connectivity index (χ1) is 12.2. The van der Waals surface area contributed by atoms with Gasteiger partial charge in [-0.3, -0.25) is 9.20 Å². The summed E-state index contributed by atoms with van der Waals surface area (Å²) in [5.74, 6) is 0.518. The summed E-state index contributed by atoms with van der Waals surface area (Å²) in [6.07, 6.45) is 5.54. The lowest BCUT2D eigenvalue weighted by molar-refractivity contribution is 0.102. The van der Waals surface area contributed by atoms with Gasteiger partial charge in [-0.25, -0.2) is 9.97 Å². The van der Waals surface area contributed by atoms with Crippen LogP contribution in [0.1, 0.15) is 10.4 Å². The van der Waals surface area contributed by atoms with Crippen molar-refractivity contribution in [2.75, 3.05) is 5.32 Å². The summed E-state index contributed by atoms with van der Waals surface area (Å²) < 4.78 is 2.78. The molecule has 1 amide bonds. The van der Waals surface area contributed by atoms with Crippen LogP contribution in [0.25, 0.3) is 17.0 Å². The number of hydrogen-bond donors (Lipinski definition) is 1. The van der Waals surface area contributed by atoms with E-state index in [1.165, 1.54) is 0 Å². The zero-order chi connectivity index (χ0) is 17.2. The second-order valence-corrected chi connectivity index (χ2v) is 6.63. The predicted molar refractivity (Wildman–Crippen MR) is 106 cm³/mol. The van der Waals surface area contributed by atoms with E-state index in [1.807, 2.05) is 71.4 Å². The van der Waals surface area contributed by atoms with Crippen molar-refractivity contribution in [3.8, 4) is 11.3 Å². The Morgan fingerprint density at radius 2 is 1.96 bits per heavy atom. The lowest BCUT2D eigenvalue weighted by Gasteiger charge is -2.08. The minimum atomic E-state index is -0.126. The van der Waals surface area contributed by atoms with Crippen molar-refractivity contribution in [1.82, 2.24) is 14.4 Å². The Balaban J connectivity index is 1.63. The maximum Gasteiger partial charge on any atom is 0.256 e. The fourth-order valence-corrected chi connectivity index (χ4v) is 3.20. The molecule has 2 aromatic carbocycles. The smallest absolute Gasteiger partial charge is 0.256 e. The van der Waals surface area contributed by atoms with Crippen LogP contribution in [-0.2, 0) is 0 Å². The van der Waals surface area contributed by atoms with Crippen molar-refractivity contribution >= 4 is 40.0 Å². The van der Waals surface area contributed by atoms with Gasteiger partial charge in [-0.05, 0) is 52.9 Å². The molecule has 0 aliphatic heterocycles. The predicted octanol–water partition coefficient (Wildman–Crippen LogP) is 4.25. The van der Waals surface area contributed by atoms with E-state index in [9.17, 15) is 4.79 Å². The molecule has 5 nitrogen and oxygen atoms in total. The van der Waals surface area contributed by atoms with E-state index < -0.39 is 0 Å². The summed E-state index contributed by atoms with van der Waals surface area (Å²) in [5.41, 5.74) is 3.12. The van der Waals surface area contributed by atoms with Gasteiger partial charge in [0, 0.05) is 33.4 Å². The molecular formula is C19H13IN4O. The first-order valence-electron chi connectivity index (χ1n) is 7.67. The molecule has 0 bridgehead atoms. The maximum absolute atomic E-state index is 12.5. The number of hydrogen-bond acceptors (Lipinski definition) is 3. The van der Waals surface area contributed by atoms with Crippen LogP contribution in [0.2, 0.25) is 0 Å². The van der Waals surface area contributed by atoms with Gasteiger partial charge in [0.1, 0.15) is 0 Å². The number of nitrogens with zero attached hydrogens (tertiary/aromatic N) is 3. The highest BCUT2D eigenvalue weighted by Gasteiger charge is 2.11. The highest BCUT2D eigenvalue weighted by Crippen LogP contribution is 2.23. The second-order valence-electron chi connectivity index (χ2n) is 5.47. The molecule has 122 valence electrons. The topological polar surface area (TPSA) is 59.3 Å². The number of carbonyl (C=O) groups excluding carboxylic acids is 1. The number of carbonyl (C=O) groups is 1. The first-order valence-corrected chi connectivity index (χ1v) is 8.74. The molecule has 0 saturated carbocycles. The lowest BCUT2D eigenvalue weighted by Crippen LogP contribution is -2.13. The van der Waals surface area contributed by atoms with Crippen LogP contribution in [0.3, 0.4) is 0 Å². The zero-order valence-electron chi connectivity index (χ0n) is 13.1. The number of aromatic nitrogens is 3. The molecule has 0 spiro atoms. The highest BCUT2D eigenvalue weighted by molar-refractivity contribution is 14.1. The molecule has 0 unspecified atom stereocenters. The average Bonchev–Trinajstić information content (AvgIpc) is 3.06. The van der Waals surface area contributed by atoms with E-state index in [2.05, 4.69) is 37.9 Å². The van der Waals surface area contributed by atoms with Crippen molar-refractivity contribution in [2.24, 2.45) is 0 Å². The van der Waals surface area contributed by atoms with E-state index in [1.54, 1.807) is 6.20 Å². The lowest BCUT2D eigenvalue weighted by atomic mass is 10.1. The van der Waals surface area contributed by atoms with Gasteiger partial charge in [-0.2, -0.15) is 0 Å². The molecule has 0 atom stereocenters. The van der Waals surface area contributed by atoms with Crippen molar-refractivity contribution < 1.29 is 4.79 Å². The SMILES string of the molecule is O=C(Nc1cccc(-c2cn3cccnc3n2)c1)c1ccccc1I. The van der Waals surface area contributed by atoms with Gasteiger partial charge in [0.25, 0.3) is 5.91 Å². The third-order valence-electron chi connectivity index (χ3n) is 3.77. The Morgan fingerprint density at radius 1 is 1.08 bits per heavy atom. The fourth-order valence-electron chi connectivity index (χ4n) is 2.57. The van der Waals surface area contributed by atoms with Crippen LogP contribution in [0.5, 0.6) is 0 Å². The van der Waals surface area contributed by atoms with Crippen LogP contribution in [0.15, 0.2) is 73.2 Å². The van der Waals surface area contributed by atoms with Crippen LogP contribution in [0.4, 0.5) is 5.69 Å². The number of nitrogens with one attached hydrogen (secondary N) is 1. The molecule has 0 fully saturated rings. The number of amides is 1. The molecule has 2 aromatic heterocycles. The van der Waals surface area contributed by atoms with Gasteiger partial charge in [-0.15, -0.1) is 0 Å². The number of benzene rings is 2. The minimum absolute atomic E-state index is 0.126. The van der Waals surface area contributed by atoms with E-state index in [-0.39, 0.29) is 5.91 Å². The van der Waals surface area contributed by atoms with Gasteiger partial charge in [0.15, 0.2) is 0 Å². The molecule has 1 N–H and O–H groups in total. The molecule has 2 heterocycles. The molecule has 0 radical (unpaired) electrons. The number of anilines is 1. The van der Waals surface area contributed by atoms with Crippen LogP contribution >= 0.6 is 22.6 Å². The number of halogens is 1. The normalized spacial score (nSPS) is 10.8. The number of imidazole rings is 1. The molecule has 4 aromatic rings. The summed E-state index contributed by atoms with van der Waals surface area (Å²) in [4.78, 5) is 21.2. The molecule has 6 heteroatoms.